The fourth-order valence-corrected chi connectivity index (χ4v) is 3.76. The highest BCUT2D eigenvalue weighted by Crippen LogP contribution is 2.39. The van der Waals surface area contributed by atoms with Crippen molar-refractivity contribution in [3.05, 3.63) is 47.3 Å². The molecule has 0 spiro atoms. The van der Waals surface area contributed by atoms with E-state index < -0.39 is 6.10 Å². The zero-order valence-electron chi connectivity index (χ0n) is 18.4. The topological polar surface area (TPSA) is 97.1 Å². The zero-order valence-corrected chi connectivity index (χ0v) is 18.4. The molecule has 31 heavy (non-hydrogen) atoms. The van der Waals surface area contributed by atoms with E-state index in [2.05, 4.69) is 10.3 Å². The molecule has 1 aliphatic rings. The molecule has 0 aliphatic carbocycles. The number of anilines is 1. The average Bonchev–Trinajstić information content (AvgIpc) is 3.16. The molecule has 2 heterocycles. The number of β-amino-alcohol motifs (C(OH)–C–C–N with tert-alkyl or cyclic N) is 1. The number of nitrogens with one attached hydrogen (secondary N) is 1. The van der Waals surface area contributed by atoms with Gasteiger partial charge < -0.3 is 29.2 Å². The number of carbonyl (C=O) groups excluding carboxylic acids is 1. The third kappa shape index (κ3) is 3.90. The molecule has 1 atom stereocenters. The summed E-state index contributed by atoms with van der Waals surface area (Å²) in [4.78, 5) is 19.1. The summed E-state index contributed by atoms with van der Waals surface area (Å²) in [6.07, 6.45) is -0.882. The standard InChI is InChI=1S/C23H27N3O5/c1-23(2,3)21-25-15-10-13(6-7-18(15)31-21)24-22(28)26-11-14-17(29-4)8-9-19(30-5)20(14)16(27)12-26/h6-10,16,27H,11-12H2,1-5H3,(H,24,28)/t16-/m1/s1. The van der Waals surface area contributed by atoms with Gasteiger partial charge in [0, 0.05) is 22.2 Å². The molecule has 3 aromatic rings. The van der Waals surface area contributed by atoms with Gasteiger partial charge in [0.15, 0.2) is 5.58 Å². The Morgan fingerprint density at radius 3 is 2.58 bits per heavy atom. The first-order chi connectivity index (χ1) is 14.7. The fraction of sp³-hybridized carbons (Fsp3) is 0.391. The highest BCUT2D eigenvalue weighted by Gasteiger charge is 2.32. The number of carbonyl (C=O) groups is 1. The number of rotatable bonds is 3. The van der Waals surface area contributed by atoms with Gasteiger partial charge in [0.2, 0.25) is 5.89 Å². The smallest absolute Gasteiger partial charge is 0.322 e. The Kier molecular flexibility index (Phi) is 5.26. The molecule has 1 aliphatic heterocycles. The second-order valence-corrected chi connectivity index (χ2v) is 8.64. The number of ether oxygens (including phenoxy) is 2. The highest BCUT2D eigenvalue weighted by molar-refractivity contribution is 5.92. The number of hydrogen-bond acceptors (Lipinski definition) is 6. The molecule has 164 valence electrons. The first kappa shape index (κ1) is 21.0. The number of amides is 2. The minimum Gasteiger partial charge on any atom is -0.496 e. The maximum atomic E-state index is 13.0. The fourth-order valence-electron chi connectivity index (χ4n) is 3.76. The van der Waals surface area contributed by atoms with Crippen LogP contribution in [0.3, 0.4) is 0 Å². The van der Waals surface area contributed by atoms with Crippen LogP contribution in [0.5, 0.6) is 11.5 Å². The van der Waals surface area contributed by atoms with Crippen LogP contribution >= 0.6 is 0 Å². The number of benzene rings is 2. The van der Waals surface area contributed by atoms with Crippen molar-refractivity contribution in [1.82, 2.24) is 9.88 Å². The van der Waals surface area contributed by atoms with Gasteiger partial charge in [-0.15, -0.1) is 0 Å². The third-order valence-corrected chi connectivity index (χ3v) is 5.36. The van der Waals surface area contributed by atoms with Crippen molar-refractivity contribution < 1.29 is 23.8 Å². The maximum Gasteiger partial charge on any atom is 0.322 e. The highest BCUT2D eigenvalue weighted by atomic mass is 16.5. The van der Waals surface area contributed by atoms with Gasteiger partial charge in [-0.2, -0.15) is 0 Å². The first-order valence-corrected chi connectivity index (χ1v) is 10.1. The minimum atomic E-state index is -0.882. The molecule has 0 saturated carbocycles. The first-order valence-electron chi connectivity index (χ1n) is 10.1. The lowest BCUT2D eigenvalue weighted by molar-refractivity contribution is 0.105. The molecule has 8 nitrogen and oxygen atoms in total. The van der Waals surface area contributed by atoms with E-state index in [0.29, 0.717) is 46.3 Å². The predicted octanol–water partition coefficient (Wildman–Crippen LogP) is 4.22. The molecule has 8 heteroatoms. The molecule has 0 saturated heterocycles. The zero-order chi connectivity index (χ0) is 22.3. The SMILES string of the molecule is COc1ccc(OC)c2c1CN(C(=O)Nc1ccc3oc(C(C)(C)C)nc3c1)C[C@H]2O. The molecular weight excluding hydrogens is 398 g/mol. The second-order valence-electron chi connectivity index (χ2n) is 8.64. The molecule has 2 aromatic carbocycles. The molecular formula is C23H27N3O5. The normalized spacial score (nSPS) is 16.2. The predicted molar refractivity (Wildman–Crippen MR) is 117 cm³/mol. The minimum absolute atomic E-state index is 0.142. The Balaban J connectivity index is 1.57. The van der Waals surface area contributed by atoms with Gasteiger partial charge in [-0.05, 0) is 30.3 Å². The molecule has 0 unspecified atom stereocenters. The summed E-state index contributed by atoms with van der Waals surface area (Å²) >= 11 is 0. The van der Waals surface area contributed by atoms with Crippen LogP contribution in [0.1, 0.15) is 43.9 Å². The van der Waals surface area contributed by atoms with E-state index >= 15 is 0 Å². The van der Waals surface area contributed by atoms with Crippen molar-refractivity contribution in [3.8, 4) is 11.5 Å². The quantitative estimate of drug-likeness (QED) is 0.652. The van der Waals surface area contributed by atoms with Gasteiger partial charge >= 0.3 is 6.03 Å². The van der Waals surface area contributed by atoms with Crippen molar-refractivity contribution in [2.24, 2.45) is 0 Å². The van der Waals surface area contributed by atoms with Crippen LogP contribution in [0.25, 0.3) is 11.1 Å². The maximum absolute atomic E-state index is 13.0. The van der Waals surface area contributed by atoms with Crippen LogP contribution in [-0.2, 0) is 12.0 Å². The number of hydrogen-bond donors (Lipinski definition) is 2. The molecule has 2 amide bonds. The lowest BCUT2D eigenvalue weighted by Gasteiger charge is -2.34. The van der Waals surface area contributed by atoms with Crippen LogP contribution in [-0.4, -0.2) is 41.8 Å². The Bertz CT molecular complexity index is 1130. The number of aromatic nitrogens is 1. The van der Waals surface area contributed by atoms with Gasteiger partial charge in [0.25, 0.3) is 0 Å². The molecule has 0 radical (unpaired) electrons. The van der Waals surface area contributed by atoms with Crippen molar-refractivity contribution in [2.75, 3.05) is 26.1 Å². The van der Waals surface area contributed by atoms with Gasteiger partial charge in [-0.25, -0.2) is 9.78 Å². The summed E-state index contributed by atoms with van der Waals surface area (Å²) in [6.45, 7) is 6.53. The molecule has 2 N–H and O–H groups in total. The number of aliphatic hydroxyl groups is 1. The number of urea groups is 1. The van der Waals surface area contributed by atoms with E-state index in [4.69, 9.17) is 13.9 Å². The van der Waals surface area contributed by atoms with E-state index in [1.165, 1.54) is 0 Å². The Hall–Kier alpha value is -3.26. The summed E-state index contributed by atoms with van der Waals surface area (Å²) in [5.74, 6) is 1.82. The lowest BCUT2D eigenvalue weighted by atomic mass is 9.95. The van der Waals surface area contributed by atoms with Crippen molar-refractivity contribution in [2.45, 2.75) is 38.8 Å². The van der Waals surface area contributed by atoms with Crippen molar-refractivity contribution in [3.63, 3.8) is 0 Å². The summed E-state index contributed by atoms with van der Waals surface area (Å²) in [5.41, 5.74) is 3.13. The number of aliphatic hydroxyl groups excluding tert-OH is 1. The number of nitrogens with zero attached hydrogens (tertiary/aromatic N) is 2. The Morgan fingerprint density at radius 2 is 1.90 bits per heavy atom. The monoisotopic (exact) mass is 425 g/mol. The van der Waals surface area contributed by atoms with Gasteiger partial charge in [0.05, 0.1) is 27.3 Å². The van der Waals surface area contributed by atoms with Crippen molar-refractivity contribution >= 4 is 22.8 Å². The van der Waals surface area contributed by atoms with Crippen LogP contribution in [0, 0.1) is 0 Å². The molecule has 1 aromatic heterocycles. The molecule has 0 bridgehead atoms. The van der Waals surface area contributed by atoms with Crippen molar-refractivity contribution in [1.29, 1.82) is 0 Å². The number of fused-ring (bicyclic) bond motifs is 2. The third-order valence-electron chi connectivity index (χ3n) is 5.36. The van der Waals surface area contributed by atoms with E-state index in [-0.39, 0.29) is 18.0 Å². The summed E-state index contributed by atoms with van der Waals surface area (Å²) in [7, 11) is 3.12. The second kappa shape index (κ2) is 7.77. The van der Waals surface area contributed by atoms with Gasteiger partial charge in [-0.3, -0.25) is 0 Å². The molecule has 4 rings (SSSR count). The number of methoxy groups -OCH3 is 2. The Morgan fingerprint density at radius 1 is 1.19 bits per heavy atom. The average molecular weight is 425 g/mol. The van der Waals surface area contributed by atoms with Crippen LogP contribution in [0.4, 0.5) is 10.5 Å². The Labute approximate surface area is 180 Å². The van der Waals surface area contributed by atoms with Crippen LogP contribution < -0.4 is 14.8 Å². The van der Waals surface area contributed by atoms with E-state index in [9.17, 15) is 9.90 Å². The number of oxazole rings is 1. The van der Waals surface area contributed by atoms with E-state index in [1.54, 1.807) is 49.5 Å². The summed E-state index contributed by atoms with van der Waals surface area (Å²) < 4.78 is 16.6. The molecule has 0 fully saturated rings. The van der Waals surface area contributed by atoms with Crippen LogP contribution in [0.2, 0.25) is 0 Å². The lowest BCUT2D eigenvalue weighted by Crippen LogP contribution is -2.41. The van der Waals surface area contributed by atoms with Gasteiger partial charge in [-0.1, -0.05) is 20.8 Å². The summed E-state index contributed by atoms with van der Waals surface area (Å²) in [6, 6.07) is 8.56. The van der Waals surface area contributed by atoms with Crippen LogP contribution in [0.15, 0.2) is 34.7 Å². The van der Waals surface area contributed by atoms with E-state index in [0.717, 1.165) is 5.56 Å². The largest absolute Gasteiger partial charge is 0.496 e. The summed E-state index contributed by atoms with van der Waals surface area (Å²) in [5, 5.41) is 13.6. The van der Waals surface area contributed by atoms with E-state index in [1.807, 2.05) is 20.8 Å². The van der Waals surface area contributed by atoms with Gasteiger partial charge in [0.1, 0.15) is 23.1 Å².